The van der Waals surface area contributed by atoms with Crippen LogP contribution in [-0.4, -0.2) is 25.8 Å². The van der Waals surface area contributed by atoms with Gasteiger partial charge < -0.3 is 9.47 Å². The van der Waals surface area contributed by atoms with E-state index in [1.165, 1.54) is 0 Å². The quantitative estimate of drug-likeness (QED) is 0.425. The number of halogens is 3. The molecule has 0 N–H and O–H groups in total. The summed E-state index contributed by atoms with van der Waals surface area (Å²) < 4.78 is 12.0. The minimum Gasteiger partial charge on any atom is -0.464 e. The Morgan fingerprint density at radius 1 is 1.36 bits per heavy atom. The molecule has 0 unspecified atom stereocenters. The summed E-state index contributed by atoms with van der Waals surface area (Å²) in [6.45, 7) is 2.87. The Bertz CT molecular complexity index is 215. The lowest BCUT2D eigenvalue weighted by molar-refractivity contribution is -0.148. The zero-order chi connectivity index (χ0) is 11.0. The molecule has 0 aromatic heterocycles. The van der Waals surface area contributed by atoms with Crippen LogP contribution in [0.4, 0.5) is 0 Å². The van der Waals surface area contributed by atoms with Crippen molar-refractivity contribution in [2.75, 3.05) is 19.8 Å². The molecule has 0 aromatic carbocycles. The van der Waals surface area contributed by atoms with E-state index in [2.05, 4.69) is 61.1 Å². The maximum Gasteiger partial charge on any atom is 0.332 e. The summed E-state index contributed by atoms with van der Waals surface area (Å²) in [5, 5.41) is 0. The molecule has 3 nitrogen and oxygen atoms in total. The molecule has 0 amide bonds. The minimum absolute atomic E-state index is 0.0173. The second-order valence-corrected chi connectivity index (χ2v) is 7.03. The summed E-state index contributed by atoms with van der Waals surface area (Å²) in [6.07, 6.45) is 0.836. The van der Waals surface area contributed by atoms with Crippen molar-refractivity contribution in [1.29, 1.82) is 0 Å². The van der Waals surface area contributed by atoms with E-state index in [9.17, 15) is 4.79 Å². The average molecular weight is 489 g/mol. The first-order valence-corrected chi connectivity index (χ1v) is 6.96. The van der Waals surface area contributed by atoms with Gasteiger partial charge in [-0.15, -0.1) is 0 Å². The van der Waals surface area contributed by atoms with Crippen molar-refractivity contribution >= 4 is 67.1 Å². The van der Waals surface area contributed by atoms with Gasteiger partial charge in [-0.1, -0.05) is 6.92 Å². The van der Waals surface area contributed by atoms with E-state index >= 15 is 0 Å². The molecule has 0 spiro atoms. The van der Waals surface area contributed by atoms with E-state index in [1.807, 2.05) is 6.92 Å². The number of hydrogen-bond donors (Lipinski definition) is 0. The largest absolute Gasteiger partial charge is 0.464 e. The molecule has 6 heteroatoms. The predicted molar refractivity (Wildman–Crippen MR) is 76.1 cm³/mol. The normalized spacial score (nSPS) is 12.3. The Hall–Kier alpha value is 1.11. The zero-order valence-corrected chi connectivity index (χ0v) is 13.6. The molecular weight excluding hydrogens is 478 g/mol. The topological polar surface area (TPSA) is 35.5 Å². The van der Waals surface area contributed by atoms with Crippen LogP contribution in [0.3, 0.4) is 0 Å². The van der Waals surface area contributed by atoms with Crippen LogP contribution in [0.15, 0.2) is 6.07 Å². The molecule has 82 valence electrons. The third-order valence-corrected chi connectivity index (χ3v) is 4.87. The number of hydrogen-bond acceptors (Lipinski definition) is 3. The molecule has 0 atom stereocenters. The third-order valence-electron chi connectivity index (χ3n) is 1.12. The van der Waals surface area contributed by atoms with E-state index in [0.29, 0.717) is 13.2 Å². The summed E-state index contributed by atoms with van der Waals surface area (Å²) in [5.41, 5.74) is 0. The molecule has 0 saturated carbocycles. The highest BCUT2D eigenvalue weighted by atomic mass is 127. The van der Waals surface area contributed by atoms with Crippen molar-refractivity contribution in [2.24, 2.45) is 0 Å². The second-order valence-electron chi connectivity index (χ2n) is 2.38. The molecule has 0 fully saturated rings. The summed E-state index contributed by atoms with van der Waals surface area (Å²) >= 11 is 7.61. The lowest BCUT2D eigenvalue weighted by atomic mass is 10.5. The molecule has 0 rings (SSSR count). The molecule has 0 bridgehead atoms. The first kappa shape index (κ1) is 15.1. The van der Waals surface area contributed by atoms with Crippen LogP contribution in [0.2, 0.25) is 0 Å². The fraction of sp³-hybridized carbons (Fsp3) is 0.625. The average Bonchev–Trinajstić information content (AvgIpc) is 2.14. The van der Waals surface area contributed by atoms with Crippen LogP contribution >= 0.6 is 61.1 Å². The number of esters is 1. The Labute approximate surface area is 119 Å². The fourth-order valence-corrected chi connectivity index (χ4v) is 1.03. The molecule has 0 aromatic rings. The maximum atomic E-state index is 11.0. The van der Waals surface area contributed by atoms with Gasteiger partial charge >= 0.3 is 5.97 Å². The third kappa shape index (κ3) is 8.42. The van der Waals surface area contributed by atoms with Crippen molar-refractivity contribution in [3.8, 4) is 0 Å². The number of carbonyl (C=O) groups is 1. The van der Waals surface area contributed by atoms with Crippen molar-refractivity contribution in [1.82, 2.24) is 0 Å². The smallest absolute Gasteiger partial charge is 0.332 e. The molecule has 0 aliphatic carbocycles. The SMILES string of the molecule is CCCOC(=O)COCC(I)=C(Br)I. The Kier molecular flexibility index (Phi) is 10.1. The first-order chi connectivity index (χ1) is 6.57. The molecule has 0 aliphatic heterocycles. The van der Waals surface area contributed by atoms with Gasteiger partial charge in [-0.05, 0) is 67.5 Å². The molecule has 0 saturated heterocycles. The zero-order valence-electron chi connectivity index (χ0n) is 7.69. The summed E-state index contributed by atoms with van der Waals surface area (Å²) in [7, 11) is 0. The highest BCUT2D eigenvalue weighted by molar-refractivity contribution is 14.1. The summed E-state index contributed by atoms with van der Waals surface area (Å²) in [5.74, 6) is -0.305. The van der Waals surface area contributed by atoms with E-state index in [1.54, 1.807) is 0 Å². The maximum absolute atomic E-state index is 11.0. The van der Waals surface area contributed by atoms with Gasteiger partial charge in [0, 0.05) is 3.58 Å². The summed E-state index contributed by atoms with van der Waals surface area (Å²) in [4.78, 5) is 11.0. The Balaban J connectivity index is 3.54. The van der Waals surface area contributed by atoms with Crippen LogP contribution in [0, 0.1) is 0 Å². The van der Waals surface area contributed by atoms with Gasteiger partial charge in [-0.25, -0.2) is 4.79 Å². The monoisotopic (exact) mass is 488 g/mol. The second kappa shape index (κ2) is 9.34. The van der Waals surface area contributed by atoms with Gasteiger partial charge in [-0.3, -0.25) is 0 Å². The molecule has 0 heterocycles. The van der Waals surface area contributed by atoms with Crippen LogP contribution in [-0.2, 0) is 14.3 Å². The van der Waals surface area contributed by atoms with Gasteiger partial charge in [0.1, 0.15) is 6.61 Å². The molecular formula is C8H11BrI2O3. The highest BCUT2D eigenvalue weighted by Gasteiger charge is 2.03. The lowest BCUT2D eigenvalue weighted by Crippen LogP contribution is -2.13. The van der Waals surface area contributed by atoms with Gasteiger partial charge in [0.2, 0.25) is 0 Å². The van der Waals surface area contributed by atoms with Crippen LogP contribution in [0.5, 0.6) is 0 Å². The van der Waals surface area contributed by atoms with Crippen LogP contribution in [0.1, 0.15) is 13.3 Å². The van der Waals surface area contributed by atoms with Crippen LogP contribution < -0.4 is 0 Å². The Morgan fingerprint density at radius 3 is 2.50 bits per heavy atom. The lowest BCUT2D eigenvalue weighted by Gasteiger charge is -2.04. The van der Waals surface area contributed by atoms with Crippen molar-refractivity contribution < 1.29 is 14.3 Å². The minimum atomic E-state index is -0.305. The highest BCUT2D eigenvalue weighted by Crippen LogP contribution is 2.24. The number of ether oxygens (including phenoxy) is 2. The number of carbonyl (C=O) groups excluding carboxylic acids is 1. The Morgan fingerprint density at radius 2 is 2.00 bits per heavy atom. The van der Waals surface area contributed by atoms with Crippen LogP contribution in [0.25, 0.3) is 0 Å². The van der Waals surface area contributed by atoms with Gasteiger partial charge in [0.25, 0.3) is 0 Å². The van der Waals surface area contributed by atoms with E-state index in [-0.39, 0.29) is 12.6 Å². The molecule has 0 radical (unpaired) electrons. The van der Waals surface area contributed by atoms with Crippen molar-refractivity contribution in [3.05, 3.63) is 6.07 Å². The molecule has 14 heavy (non-hydrogen) atoms. The summed E-state index contributed by atoms with van der Waals surface area (Å²) in [6, 6.07) is 0. The standard InChI is InChI=1S/C8H11BrI2O3/c1-2-3-14-7(12)5-13-4-6(10)8(9)11/h2-5H2,1H3. The van der Waals surface area contributed by atoms with Crippen molar-refractivity contribution in [3.63, 3.8) is 0 Å². The van der Waals surface area contributed by atoms with E-state index in [0.717, 1.165) is 12.5 Å². The first-order valence-electron chi connectivity index (χ1n) is 4.01. The fourth-order valence-electron chi connectivity index (χ4n) is 0.536. The number of rotatable bonds is 6. The van der Waals surface area contributed by atoms with Gasteiger partial charge in [0.15, 0.2) is 0 Å². The van der Waals surface area contributed by atoms with Gasteiger partial charge in [0.05, 0.1) is 15.7 Å². The predicted octanol–water partition coefficient (Wildman–Crippen LogP) is 3.39. The van der Waals surface area contributed by atoms with E-state index in [4.69, 9.17) is 9.47 Å². The van der Waals surface area contributed by atoms with Gasteiger partial charge in [-0.2, -0.15) is 0 Å². The van der Waals surface area contributed by atoms with E-state index < -0.39 is 0 Å². The van der Waals surface area contributed by atoms with Crippen molar-refractivity contribution in [2.45, 2.75) is 13.3 Å². The molecule has 0 aliphatic rings.